The van der Waals surface area contributed by atoms with Crippen LogP contribution in [-0.4, -0.2) is 58.8 Å². The van der Waals surface area contributed by atoms with Gasteiger partial charge in [-0.1, -0.05) is 18.2 Å². The summed E-state index contributed by atoms with van der Waals surface area (Å²) in [7, 11) is -4.36. The van der Waals surface area contributed by atoms with Gasteiger partial charge in [0.1, 0.15) is 11.6 Å². The summed E-state index contributed by atoms with van der Waals surface area (Å²) in [6.07, 6.45) is 0.0757. The lowest BCUT2D eigenvalue weighted by Gasteiger charge is -2.34. The van der Waals surface area contributed by atoms with E-state index in [0.29, 0.717) is 6.54 Å². The maximum Gasteiger partial charge on any atom is 0.329 e. The van der Waals surface area contributed by atoms with E-state index in [1.54, 1.807) is 9.13 Å². The normalized spacial score (nSPS) is 15.3. The molecule has 33 heavy (non-hydrogen) atoms. The van der Waals surface area contributed by atoms with Gasteiger partial charge in [0.05, 0.1) is 11.0 Å². The van der Waals surface area contributed by atoms with E-state index >= 15 is 0 Å². The van der Waals surface area contributed by atoms with E-state index in [1.807, 2.05) is 31.2 Å². The molecule has 0 unspecified atom stereocenters. The third-order valence-electron chi connectivity index (χ3n) is 5.90. The van der Waals surface area contributed by atoms with E-state index in [9.17, 15) is 26.8 Å². The van der Waals surface area contributed by atoms with E-state index in [2.05, 4.69) is 0 Å². The zero-order valence-electron chi connectivity index (χ0n) is 18.1. The molecule has 8 nitrogen and oxygen atoms in total. The van der Waals surface area contributed by atoms with E-state index < -0.39 is 26.6 Å². The largest absolute Gasteiger partial charge is 0.340 e. The SMILES string of the molecule is CCn1c(=O)n(CCC(=O)N2CCN(S(=O)(=O)c3c(F)cccc3F)CC2)c2ccccc21. The molecule has 1 aromatic heterocycles. The van der Waals surface area contributed by atoms with Crippen LogP contribution in [-0.2, 0) is 27.9 Å². The van der Waals surface area contributed by atoms with Crippen LogP contribution in [0.4, 0.5) is 8.78 Å². The molecule has 4 rings (SSSR count). The number of carbonyl (C=O) groups excluding carboxylic acids is 1. The number of aromatic nitrogens is 2. The predicted molar refractivity (Wildman–Crippen MR) is 118 cm³/mol. The van der Waals surface area contributed by atoms with Gasteiger partial charge in [-0.15, -0.1) is 0 Å². The van der Waals surface area contributed by atoms with Crippen molar-refractivity contribution in [3.8, 4) is 0 Å². The number of aryl methyl sites for hydroxylation is 2. The summed E-state index contributed by atoms with van der Waals surface area (Å²) in [5, 5.41) is 0. The van der Waals surface area contributed by atoms with Crippen LogP contribution in [0.3, 0.4) is 0 Å². The molecule has 0 N–H and O–H groups in total. The highest BCUT2D eigenvalue weighted by atomic mass is 32.2. The van der Waals surface area contributed by atoms with Crippen LogP contribution in [0.5, 0.6) is 0 Å². The molecule has 1 aliphatic heterocycles. The maximum atomic E-state index is 14.0. The fourth-order valence-electron chi connectivity index (χ4n) is 4.20. The molecule has 0 spiro atoms. The lowest BCUT2D eigenvalue weighted by Crippen LogP contribution is -2.50. The van der Waals surface area contributed by atoms with Gasteiger partial charge in [-0.05, 0) is 31.2 Å². The summed E-state index contributed by atoms with van der Waals surface area (Å²) in [5.74, 6) is -2.51. The molecule has 2 aromatic carbocycles. The lowest BCUT2D eigenvalue weighted by molar-refractivity contribution is -0.132. The minimum Gasteiger partial charge on any atom is -0.340 e. The number of carbonyl (C=O) groups is 1. The van der Waals surface area contributed by atoms with Gasteiger partial charge in [-0.2, -0.15) is 4.31 Å². The van der Waals surface area contributed by atoms with Gasteiger partial charge < -0.3 is 4.90 Å². The number of hydrogen-bond donors (Lipinski definition) is 0. The van der Waals surface area contributed by atoms with Crippen LogP contribution in [0.2, 0.25) is 0 Å². The van der Waals surface area contributed by atoms with Crippen molar-refractivity contribution in [3.63, 3.8) is 0 Å². The first kappa shape index (κ1) is 23.1. The van der Waals surface area contributed by atoms with Crippen molar-refractivity contribution in [2.75, 3.05) is 26.2 Å². The number of halogens is 2. The Kier molecular flexibility index (Phi) is 6.35. The average Bonchev–Trinajstić information content (AvgIpc) is 3.07. The molecule has 0 atom stereocenters. The Morgan fingerprint density at radius 1 is 0.909 bits per heavy atom. The lowest BCUT2D eigenvalue weighted by atomic mass is 10.3. The molecule has 1 aliphatic rings. The number of benzene rings is 2. The van der Waals surface area contributed by atoms with Gasteiger partial charge in [0.2, 0.25) is 15.9 Å². The molecule has 0 saturated carbocycles. The highest BCUT2D eigenvalue weighted by molar-refractivity contribution is 7.89. The number of rotatable bonds is 6. The Bertz CT molecular complexity index is 1340. The van der Waals surface area contributed by atoms with Gasteiger partial charge in [-0.3, -0.25) is 13.9 Å². The average molecular weight is 479 g/mol. The first-order chi connectivity index (χ1) is 15.8. The smallest absolute Gasteiger partial charge is 0.329 e. The Balaban J connectivity index is 1.42. The molecular formula is C22H24F2N4O4S. The molecule has 1 saturated heterocycles. The monoisotopic (exact) mass is 478 g/mol. The molecule has 11 heteroatoms. The summed E-state index contributed by atoms with van der Waals surface area (Å²) in [4.78, 5) is 26.0. The van der Waals surface area contributed by atoms with Crippen molar-refractivity contribution < 1.29 is 22.0 Å². The summed E-state index contributed by atoms with van der Waals surface area (Å²) in [6.45, 7) is 2.64. The van der Waals surface area contributed by atoms with Crippen LogP contribution in [0.1, 0.15) is 13.3 Å². The number of hydrogen-bond acceptors (Lipinski definition) is 4. The second-order valence-corrected chi connectivity index (χ2v) is 9.63. The van der Waals surface area contributed by atoms with Crippen molar-refractivity contribution in [2.24, 2.45) is 0 Å². The van der Waals surface area contributed by atoms with E-state index in [0.717, 1.165) is 33.5 Å². The molecule has 2 heterocycles. The van der Waals surface area contributed by atoms with Gasteiger partial charge in [0.15, 0.2) is 4.90 Å². The molecular weight excluding hydrogens is 454 g/mol. The van der Waals surface area contributed by atoms with Gasteiger partial charge in [0.25, 0.3) is 0 Å². The van der Waals surface area contributed by atoms with Crippen LogP contribution in [0.25, 0.3) is 11.0 Å². The maximum absolute atomic E-state index is 14.0. The Hall–Kier alpha value is -3.05. The van der Waals surface area contributed by atoms with E-state index in [1.165, 1.54) is 4.90 Å². The van der Waals surface area contributed by atoms with Crippen molar-refractivity contribution in [1.29, 1.82) is 0 Å². The molecule has 1 fully saturated rings. The standard InChI is InChI=1S/C22H24F2N4O4S/c1-2-27-18-8-3-4-9-19(18)28(22(27)30)11-10-20(29)25-12-14-26(15-13-25)33(31,32)21-16(23)6-5-7-17(21)24/h3-9H,2,10-15H2,1H3. The third kappa shape index (κ3) is 4.18. The quantitative estimate of drug-likeness (QED) is 0.543. The number of nitrogens with zero attached hydrogens (tertiary/aromatic N) is 4. The zero-order chi connectivity index (χ0) is 23.8. The van der Waals surface area contributed by atoms with Crippen LogP contribution >= 0.6 is 0 Å². The summed E-state index contributed by atoms with van der Waals surface area (Å²) in [6, 6.07) is 10.3. The molecule has 0 radical (unpaired) electrons. The Labute approximate surface area is 189 Å². The fraction of sp³-hybridized carbons (Fsp3) is 0.364. The van der Waals surface area contributed by atoms with Crippen LogP contribution in [0.15, 0.2) is 52.2 Å². The number of amides is 1. The Morgan fingerprint density at radius 2 is 1.48 bits per heavy atom. The first-order valence-corrected chi connectivity index (χ1v) is 12.1. The van der Waals surface area contributed by atoms with Crippen molar-refractivity contribution >= 4 is 27.0 Å². The van der Waals surface area contributed by atoms with Crippen LogP contribution < -0.4 is 5.69 Å². The topological polar surface area (TPSA) is 84.6 Å². The fourth-order valence-corrected chi connectivity index (χ4v) is 5.73. The number of para-hydroxylation sites is 2. The van der Waals surface area contributed by atoms with Crippen molar-refractivity contribution in [2.45, 2.75) is 31.3 Å². The Morgan fingerprint density at radius 3 is 2.06 bits per heavy atom. The van der Waals surface area contributed by atoms with E-state index in [-0.39, 0.29) is 50.7 Å². The van der Waals surface area contributed by atoms with Crippen LogP contribution in [0, 0.1) is 11.6 Å². The minimum absolute atomic E-state index is 0.0725. The highest BCUT2D eigenvalue weighted by Crippen LogP contribution is 2.23. The highest BCUT2D eigenvalue weighted by Gasteiger charge is 2.34. The van der Waals surface area contributed by atoms with E-state index in [4.69, 9.17) is 0 Å². The summed E-state index contributed by atoms with van der Waals surface area (Å²) in [5.41, 5.74) is 1.37. The molecule has 1 amide bonds. The number of fused-ring (bicyclic) bond motifs is 1. The van der Waals surface area contributed by atoms with Gasteiger partial charge in [-0.25, -0.2) is 22.0 Å². The molecule has 3 aromatic rings. The molecule has 176 valence electrons. The van der Waals surface area contributed by atoms with Crippen molar-refractivity contribution in [1.82, 2.24) is 18.3 Å². The summed E-state index contributed by atoms with van der Waals surface area (Å²) >= 11 is 0. The first-order valence-electron chi connectivity index (χ1n) is 10.7. The van der Waals surface area contributed by atoms with Gasteiger partial charge in [0, 0.05) is 45.7 Å². The predicted octanol–water partition coefficient (Wildman–Crippen LogP) is 2.02. The number of piperazine rings is 1. The molecule has 0 bridgehead atoms. The zero-order valence-corrected chi connectivity index (χ0v) is 18.9. The molecule has 0 aliphatic carbocycles. The van der Waals surface area contributed by atoms with Crippen molar-refractivity contribution in [3.05, 3.63) is 64.6 Å². The second-order valence-electron chi connectivity index (χ2n) is 7.75. The second kappa shape index (κ2) is 9.06. The van der Waals surface area contributed by atoms with Gasteiger partial charge >= 0.3 is 5.69 Å². The third-order valence-corrected chi connectivity index (χ3v) is 7.85. The number of sulfonamides is 1. The minimum atomic E-state index is -4.36. The summed E-state index contributed by atoms with van der Waals surface area (Å²) < 4.78 is 57.6. The number of imidazole rings is 1.